The SMILES string of the molecule is CC[C@H](C(=O)N[C@@H](C)CC)N(Cc1ccccc1)C(=O)CCc1ccc(C)cc1. The van der Waals surface area contributed by atoms with Crippen molar-refractivity contribution in [3.8, 4) is 0 Å². The fourth-order valence-corrected chi connectivity index (χ4v) is 3.29. The van der Waals surface area contributed by atoms with Gasteiger partial charge in [0.2, 0.25) is 11.8 Å². The van der Waals surface area contributed by atoms with Gasteiger partial charge in [0.25, 0.3) is 0 Å². The molecule has 156 valence electrons. The molecule has 2 aromatic rings. The molecule has 29 heavy (non-hydrogen) atoms. The number of hydrogen-bond acceptors (Lipinski definition) is 2. The van der Waals surface area contributed by atoms with Crippen molar-refractivity contribution in [1.82, 2.24) is 10.2 Å². The molecule has 4 nitrogen and oxygen atoms in total. The van der Waals surface area contributed by atoms with Crippen LogP contribution in [0.25, 0.3) is 0 Å². The van der Waals surface area contributed by atoms with Crippen LogP contribution in [0, 0.1) is 6.92 Å². The van der Waals surface area contributed by atoms with Gasteiger partial charge < -0.3 is 10.2 Å². The van der Waals surface area contributed by atoms with Gasteiger partial charge in [0, 0.05) is 19.0 Å². The molecule has 0 aliphatic heterocycles. The van der Waals surface area contributed by atoms with E-state index in [1.165, 1.54) is 5.56 Å². The molecule has 0 saturated heterocycles. The third kappa shape index (κ3) is 7.04. The van der Waals surface area contributed by atoms with Gasteiger partial charge >= 0.3 is 0 Å². The number of benzene rings is 2. The van der Waals surface area contributed by atoms with E-state index in [1.807, 2.05) is 51.1 Å². The van der Waals surface area contributed by atoms with Crippen LogP contribution >= 0.6 is 0 Å². The van der Waals surface area contributed by atoms with Crippen molar-refractivity contribution in [3.63, 3.8) is 0 Å². The van der Waals surface area contributed by atoms with Crippen LogP contribution in [0.1, 0.15) is 56.7 Å². The molecule has 0 aliphatic carbocycles. The lowest BCUT2D eigenvalue weighted by molar-refractivity contribution is -0.141. The zero-order valence-electron chi connectivity index (χ0n) is 18.2. The van der Waals surface area contributed by atoms with E-state index in [1.54, 1.807) is 4.90 Å². The predicted octanol–water partition coefficient (Wildman–Crippen LogP) is 4.65. The van der Waals surface area contributed by atoms with E-state index < -0.39 is 6.04 Å². The van der Waals surface area contributed by atoms with Crippen LogP contribution in [-0.4, -0.2) is 28.8 Å². The number of aryl methyl sites for hydroxylation is 2. The Bertz CT molecular complexity index is 771. The fourth-order valence-electron chi connectivity index (χ4n) is 3.29. The standard InChI is InChI=1S/C25H34N2O2/c1-5-20(4)26-25(29)23(6-2)27(18-22-10-8-7-9-11-22)24(28)17-16-21-14-12-19(3)13-15-21/h7-15,20,23H,5-6,16-18H2,1-4H3,(H,26,29)/t20-,23+/m0/s1. The van der Waals surface area contributed by atoms with Crippen LogP contribution in [0.5, 0.6) is 0 Å². The number of rotatable bonds is 10. The molecule has 0 saturated carbocycles. The summed E-state index contributed by atoms with van der Waals surface area (Å²) in [4.78, 5) is 27.8. The Kier molecular flexibility index (Phi) is 8.91. The average molecular weight is 395 g/mol. The van der Waals surface area contributed by atoms with Crippen LogP contribution in [0.15, 0.2) is 54.6 Å². The summed E-state index contributed by atoms with van der Waals surface area (Å²) in [7, 11) is 0. The van der Waals surface area contributed by atoms with Crippen molar-refractivity contribution in [1.29, 1.82) is 0 Å². The molecule has 0 aliphatic rings. The topological polar surface area (TPSA) is 49.4 Å². The number of nitrogens with one attached hydrogen (secondary N) is 1. The molecular weight excluding hydrogens is 360 g/mol. The number of nitrogens with zero attached hydrogens (tertiary/aromatic N) is 1. The van der Waals surface area contributed by atoms with Crippen molar-refractivity contribution in [2.45, 2.75) is 72.0 Å². The van der Waals surface area contributed by atoms with Crippen molar-refractivity contribution in [2.24, 2.45) is 0 Å². The van der Waals surface area contributed by atoms with E-state index in [2.05, 4.69) is 36.5 Å². The third-order valence-corrected chi connectivity index (χ3v) is 5.33. The molecule has 2 atom stereocenters. The lowest BCUT2D eigenvalue weighted by Gasteiger charge is -2.31. The smallest absolute Gasteiger partial charge is 0.243 e. The molecule has 0 fully saturated rings. The molecule has 0 radical (unpaired) electrons. The van der Waals surface area contributed by atoms with Crippen molar-refractivity contribution in [2.75, 3.05) is 0 Å². The maximum Gasteiger partial charge on any atom is 0.243 e. The molecule has 4 heteroatoms. The Morgan fingerprint density at radius 2 is 1.59 bits per heavy atom. The monoisotopic (exact) mass is 394 g/mol. The minimum atomic E-state index is -0.463. The molecule has 0 aromatic heterocycles. The van der Waals surface area contributed by atoms with Crippen LogP contribution in [-0.2, 0) is 22.6 Å². The summed E-state index contributed by atoms with van der Waals surface area (Å²) >= 11 is 0. The first kappa shape index (κ1) is 22.7. The molecular formula is C25H34N2O2. The van der Waals surface area contributed by atoms with E-state index >= 15 is 0 Å². The minimum absolute atomic E-state index is 0.0144. The Morgan fingerprint density at radius 1 is 0.931 bits per heavy atom. The minimum Gasteiger partial charge on any atom is -0.352 e. The first-order valence-electron chi connectivity index (χ1n) is 10.6. The molecule has 0 bridgehead atoms. The predicted molar refractivity (Wildman–Crippen MR) is 118 cm³/mol. The summed E-state index contributed by atoms with van der Waals surface area (Å²) in [5.41, 5.74) is 3.38. The second kappa shape index (κ2) is 11.4. The van der Waals surface area contributed by atoms with Crippen molar-refractivity contribution >= 4 is 11.8 Å². The molecule has 1 N–H and O–H groups in total. The average Bonchev–Trinajstić information content (AvgIpc) is 2.73. The number of carbonyl (C=O) groups excluding carboxylic acids is 2. The zero-order chi connectivity index (χ0) is 21.2. The number of hydrogen-bond donors (Lipinski definition) is 1. The van der Waals surface area contributed by atoms with Crippen molar-refractivity contribution in [3.05, 3.63) is 71.3 Å². The molecule has 0 unspecified atom stereocenters. The highest BCUT2D eigenvalue weighted by Crippen LogP contribution is 2.15. The summed E-state index contributed by atoms with van der Waals surface area (Å²) < 4.78 is 0. The van der Waals surface area contributed by atoms with Gasteiger partial charge in [-0.2, -0.15) is 0 Å². The highest BCUT2D eigenvalue weighted by atomic mass is 16.2. The van der Waals surface area contributed by atoms with Gasteiger partial charge in [-0.1, -0.05) is 74.0 Å². The summed E-state index contributed by atoms with van der Waals surface area (Å²) in [6.07, 6.45) is 2.52. The quantitative estimate of drug-likeness (QED) is 0.638. The third-order valence-electron chi connectivity index (χ3n) is 5.33. The Balaban J connectivity index is 2.16. The molecule has 0 spiro atoms. The van der Waals surface area contributed by atoms with Gasteiger partial charge in [-0.05, 0) is 44.2 Å². The van der Waals surface area contributed by atoms with Gasteiger partial charge in [0.1, 0.15) is 6.04 Å². The second-order valence-corrected chi connectivity index (χ2v) is 7.73. The Morgan fingerprint density at radius 3 is 2.17 bits per heavy atom. The Hall–Kier alpha value is -2.62. The lowest BCUT2D eigenvalue weighted by atomic mass is 10.0. The summed E-state index contributed by atoms with van der Waals surface area (Å²) in [6, 6.07) is 17.8. The largest absolute Gasteiger partial charge is 0.352 e. The molecule has 2 aromatic carbocycles. The van der Waals surface area contributed by atoms with E-state index in [9.17, 15) is 9.59 Å². The van der Waals surface area contributed by atoms with Gasteiger partial charge in [0.15, 0.2) is 0 Å². The zero-order valence-corrected chi connectivity index (χ0v) is 18.2. The lowest BCUT2D eigenvalue weighted by Crippen LogP contribution is -2.50. The molecule has 0 heterocycles. The highest BCUT2D eigenvalue weighted by Gasteiger charge is 2.28. The highest BCUT2D eigenvalue weighted by molar-refractivity contribution is 5.87. The van der Waals surface area contributed by atoms with Crippen LogP contribution < -0.4 is 5.32 Å². The summed E-state index contributed by atoms with van der Waals surface area (Å²) in [6.45, 7) is 8.50. The summed E-state index contributed by atoms with van der Waals surface area (Å²) in [5, 5.41) is 3.05. The summed E-state index contributed by atoms with van der Waals surface area (Å²) in [5.74, 6) is -0.0537. The first-order chi connectivity index (χ1) is 13.9. The molecule has 2 rings (SSSR count). The second-order valence-electron chi connectivity index (χ2n) is 7.73. The van der Waals surface area contributed by atoms with Gasteiger partial charge in [-0.3, -0.25) is 9.59 Å². The first-order valence-corrected chi connectivity index (χ1v) is 10.6. The van der Waals surface area contributed by atoms with E-state index in [-0.39, 0.29) is 17.9 Å². The van der Waals surface area contributed by atoms with Gasteiger partial charge in [0.05, 0.1) is 0 Å². The molecule has 2 amide bonds. The normalized spacial score (nSPS) is 12.8. The van der Waals surface area contributed by atoms with Gasteiger partial charge in [-0.15, -0.1) is 0 Å². The van der Waals surface area contributed by atoms with Gasteiger partial charge in [-0.25, -0.2) is 0 Å². The maximum absolute atomic E-state index is 13.2. The maximum atomic E-state index is 13.2. The number of carbonyl (C=O) groups is 2. The van der Waals surface area contributed by atoms with E-state index in [0.29, 0.717) is 25.8 Å². The van der Waals surface area contributed by atoms with Crippen molar-refractivity contribution < 1.29 is 9.59 Å². The van der Waals surface area contributed by atoms with Crippen LogP contribution in [0.3, 0.4) is 0 Å². The Labute approximate surface area is 175 Å². The van der Waals surface area contributed by atoms with Crippen LogP contribution in [0.4, 0.5) is 0 Å². The number of amides is 2. The fraction of sp³-hybridized carbons (Fsp3) is 0.440. The van der Waals surface area contributed by atoms with E-state index in [4.69, 9.17) is 0 Å². The van der Waals surface area contributed by atoms with Crippen LogP contribution in [0.2, 0.25) is 0 Å². The van der Waals surface area contributed by atoms with E-state index in [0.717, 1.165) is 17.5 Å².